The normalized spacial score (nSPS) is 21.7. The number of carbonyl (C=O) groups is 1. The third-order valence-corrected chi connectivity index (χ3v) is 6.52. The molecule has 4 rings (SSSR count). The number of hydrogen-bond donors (Lipinski definition) is 3. The molecule has 3 heterocycles. The van der Waals surface area contributed by atoms with Gasteiger partial charge in [-0.15, -0.1) is 0 Å². The Balaban J connectivity index is 1.34. The first-order valence-electron chi connectivity index (χ1n) is 12.6. The predicted octanol–water partition coefficient (Wildman–Crippen LogP) is 1.23. The van der Waals surface area contributed by atoms with Gasteiger partial charge >= 0.3 is 14.1 Å². The summed E-state index contributed by atoms with van der Waals surface area (Å²) in [5.41, 5.74) is 8.95. The lowest BCUT2D eigenvalue weighted by Gasteiger charge is -2.17. The largest absolute Gasteiger partial charge is 0.574 e. The maximum Gasteiger partial charge on any atom is 0.412 e. The second-order valence-electron chi connectivity index (χ2n) is 9.67. The van der Waals surface area contributed by atoms with E-state index in [1.165, 1.54) is 42.1 Å². The summed E-state index contributed by atoms with van der Waals surface area (Å²) in [5.74, 6) is 0.507. The molecule has 1 aromatic carbocycles. The SMILES string of the molecule is CC(C)OC(=O)[C@H](C)N/N=[P+](\[O-])Oc1ccc(OC[C@H]2O[C@@H](n3cnc4c(N(C)C)nc(N)nc43)[C@H](F)[C@@H]2O)cc1. The summed E-state index contributed by atoms with van der Waals surface area (Å²) in [6.07, 6.45) is -4.41. The smallest absolute Gasteiger partial charge is 0.412 e. The Kier molecular flexibility index (Phi) is 9.50. The van der Waals surface area contributed by atoms with Crippen molar-refractivity contribution in [3.05, 3.63) is 30.6 Å². The van der Waals surface area contributed by atoms with Crippen LogP contribution in [-0.2, 0) is 14.3 Å². The molecule has 0 radical (unpaired) electrons. The van der Waals surface area contributed by atoms with Crippen LogP contribution in [0.2, 0.25) is 0 Å². The minimum absolute atomic E-state index is 0.0143. The maximum atomic E-state index is 15.1. The number of anilines is 2. The van der Waals surface area contributed by atoms with Crippen LogP contribution in [0.5, 0.6) is 11.5 Å². The maximum absolute atomic E-state index is 15.1. The lowest BCUT2D eigenvalue weighted by molar-refractivity contribution is -0.169. The van der Waals surface area contributed by atoms with Gasteiger partial charge in [-0.3, -0.25) is 13.9 Å². The molecule has 3 aromatic rings. The summed E-state index contributed by atoms with van der Waals surface area (Å²) < 4.78 is 38.3. The Hall–Kier alpha value is -3.69. The topological polar surface area (TPSA) is 195 Å². The highest BCUT2D eigenvalue weighted by atomic mass is 31.1. The number of hydrogen-bond acceptors (Lipinski definition) is 13. The van der Waals surface area contributed by atoms with Crippen molar-refractivity contribution in [1.29, 1.82) is 0 Å². The van der Waals surface area contributed by atoms with E-state index in [1.54, 1.807) is 32.8 Å². The van der Waals surface area contributed by atoms with Crippen LogP contribution in [0.4, 0.5) is 16.2 Å². The van der Waals surface area contributed by atoms with Gasteiger partial charge in [-0.1, -0.05) is 0 Å². The molecule has 1 unspecified atom stereocenters. The van der Waals surface area contributed by atoms with Crippen molar-refractivity contribution in [2.24, 2.45) is 4.85 Å². The number of fused-ring (bicyclic) bond motifs is 1. The van der Waals surface area contributed by atoms with Gasteiger partial charge in [-0.25, -0.2) is 9.37 Å². The number of aliphatic hydroxyl groups is 1. The van der Waals surface area contributed by atoms with E-state index in [-0.39, 0.29) is 30.1 Å². The van der Waals surface area contributed by atoms with E-state index in [9.17, 15) is 14.8 Å². The van der Waals surface area contributed by atoms with Crippen molar-refractivity contribution in [2.75, 3.05) is 31.3 Å². The summed E-state index contributed by atoms with van der Waals surface area (Å²) >= 11 is 0. The van der Waals surface area contributed by atoms with Gasteiger partial charge in [0.25, 0.3) is 0 Å². The minimum atomic E-state index is -2.52. The molecule has 222 valence electrons. The first-order chi connectivity index (χ1) is 19.4. The van der Waals surface area contributed by atoms with Crippen molar-refractivity contribution in [1.82, 2.24) is 24.9 Å². The zero-order chi connectivity index (χ0) is 29.8. The summed E-state index contributed by atoms with van der Waals surface area (Å²) in [6.45, 7) is 4.78. The van der Waals surface area contributed by atoms with Crippen molar-refractivity contribution >= 4 is 37.1 Å². The number of esters is 1. The molecule has 1 aliphatic heterocycles. The number of halogens is 1. The summed E-state index contributed by atoms with van der Waals surface area (Å²) in [5, 5.41) is 10.5. The number of rotatable bonds is 11. The standard InChI is InChI=1S/C24H32FN8O7P/c1-12(2)38-23(35)13(3)30-31-41(36)40-15-8-6-14(7-9-15)37-10-16-19(34)17(25)22(39-16)33-11-27-18-20(32(4)5)28-24(26)29-21(18)33/h6-9,11-13,16-17,19,22,30,34H,10H2,1-5H3,(H2,26,28,29)/t13-,16+,17+,19+,22+/m0/s1. The molecule has 41 heavy (non-hydrogen) atoms. The zero-order valence-corrected chi connectivity index (χ0v) is 23.9. The minimum Gasteiger partial charge on any atom is -0.574 e. The van der Waals surface area contributed by atoms with E-state index in [4.69, 9.17) is 24.5 Å². The second kappa shape index (κ2) is 12.9. The molecule has 1 aliphatic rings. The number of carbonyl (C=O) groups excluding carboxylic acids is 1. The number of ether oxygens (including phenoxy) is 3. The first-order valence-corrected chi connectivity index (χ1v) is 13.8. The Bertz CT molecular complexity index is 1390. The van der Waals surface area contributed by atoms with Crippen LogP contribution < -0.4 is 30.2 Å². The number of nitrogens with zero attached hydrogens (tertiary/aromatic N) is 6. The van der Waals surface area contributed by atoms with Crippen LogP contribution in [0.15, 0.2) is 35.4 Å². The molecule has 1 fully saturated rings. The van der Waals surface area contributed by atoms with Crippen LogP contribution in [0, 0.1) is 0 Å². The lowest BCUT2D eigenvalue weighted by atomic mass is 10.1. The van der Waals surface area contributed by atoms with Gasteiger partial charge in [0.15, 0.2) is 35.1 Å². The number of aliphatic hydroxyl groups excluding tert-OH is 1. The third kappa shape index (κ3) is 7.15. The number of benzene rings is 1. The second-order valence-corrected chi connectivity index (χ2v) is 10.5. The fourth-order valence-electron chi connectivity index (χ4n) is 3.89. The molecule has 2 aromatic heterocycles. The Morgan fingerprint density at radius 3 is 2.63 bits per heavy atom. The van der Waals surface area contributed by atoms with E-state index in [1.807, 2.05) is 0 Å². The average Bonchev–Trinajstić information content (AvgIpc) is 3.46. The number of imidazole rings is 1. The number of aromatic nitrogens is 4. The molecule has 0 spiro atoms. The van der Waals surface area contributed by atoms with Crippen LogP contribution >= 0.6 is 8.17 Å². The van der Waals surface area contributed by atoms with Crippen LogP contribution in [0.25, 0.3) is 11.2 Å². The van der Waals surface area contributed by atoms with E-state index in [0.717, 1.165) is 0 Å². The van der Waals surface area contributed by atoms with E-state index in [2.05, 4.69) is 25.2 Å². The quantitative estimate of drug-likeness (QED) is 0.163. The zero-order valence-electron chi connectivity index (χ0n) is 23.0. The Morgan fingerprint density at radius 2 is 1.98 bits per heavy atom. The van der Waals surface area contributed by atoms with Gasteiger partial charge in [0.1, 0.15) is 30.6 Å². The fourth-order valence-corrected chi connectivity index (χ4v) is 4.50. The van der Waals surface area contributed by atoms with Gasteiger partial charge in [0, 0.05) is 18.9 Å². The summed E-state index contributed by atoms with van der Waals surface area (Å²) in [4.78, 5) is 41.9. The molecule has 17 heteroatoms. The van der Waals surface area contributed by atoms with Crippen molar-refractivity contribution in [3.8, 4) is 11.5 Å². The van der Waals surface area contributed by atoms with Gasteiger partial charge in [-0.05, 0) is 45.0 Å². The molecular weight excluding hydrogens is 562 g/mol. The van der Waals surface area contributed by atoms with E-state index in [0.29, 0.717) is 17.1 Å². The fraction of sp³-hybridized carbons (Fsp3) is 0.500. The van der Waals surface area contributed by atoms with Crippen LogP contribution in [0.3, 0.4) is 0 Å². The van der Waals surface area contributed by atoms with Gasteiger partial charge in [0.2, 0.25) is 5.95 Å². The monoisotopic (exact) mass is 594 g/mol. The molecule has 1 saturated heterocycles. The molecule has 6 atom stereocenters. The molecule has 0 saturated carbocycles. The highest BCUT2D eigenvalue weighted by Crippen LogP contribution is 2.35. The third-order valence-electron chi connectivity index (χ3n) is 5.87. The number of alkyl halides is 1. The molecule has 0 aliphatic carbocycles. The summed E-state index contributed by atoms with van der Waals surface area (Å²) in [6, 6.07) is 5.25. The highest BCUT2D eigenvalue weighted by Gasteiger charge is 2.46. The molecule has 15 nitrogen and oxygen atoms in total. The van der Waals surface area contributed by atoms with Crippen LogP contribution in [-0.4, -0.2) is 81.8 Å². The molecule has 0 amide bonds. The Labute approximate surface area is 236 Å². The van der Waals surface area contributed by atoms with Crippen molar-refractivity contribution in [2.45, 2.75) is 57.5 Å². The van der Waals surface area contributed by atoms with Crippen LogP contribution in [0.1, 0.15) is 27.0 Å². The van der Waals surface area contributed by atoms with E-state index < -0.39 is 44.8 Å². The van der Waals surface area contributed by atoms with Crippen molar-refractivity contribution < 1.29 is 37.9 Å². The number of nitrogen functional groups attached to an aromatic ring is 1. The number of nitrogens with one attached hydrogen (secondary N) is 1. The van der Waals surface area contributed by atoms with Gasteiger partial charge in [0.05, 0.1) is 12.4 Å². The predicted molar refractivity (Wildman–Crippen MR) is 145 cm³/mol. The highest BCUT2D eigenvalue weighted by molar-refractivity contribution is 7.33. The van der Waals surface area contributed by atoms with E-state index >= 15 is 4.39 Å². The van der Waals surface area contributed by atoms with Crippen molar-refractivity contribution in [3.63, 3.8) is 0 Å². The summed E-state index contributed by atoms with van der Waals surface area (Å²) in [7, 11) is 1.01. The first kappa shape index (κ1) is 30.3. The van der Waals surface area contributed by atoms with Gasteiger partial charge < -0.3 is 34.8 Å². The van der Waals surface area contributed by atoms with Gasteiger partial charge in [-0.2, -0.15) is 15.4 Å². The molecular formula is C24H32FN8O7P. The lowest BCUT2D eigenvalue weighted by Crippen LogP contribution is -2.33. The Morgan fingerprint density at radius 1 is 1.29 bits per heavy atom. The molecule has 0 bridgehead atoms. The molecule has 4 N–H and O–H groups in total. The number of nitrogens with two attached hydrogens (primary N) is 1. The average molecular weight is 595 g/mol.